The molecule has 2 unspecified atom stereocenters. The summed E-state index contributed by atoms with van der Waals surface area (Å²) in [6, 6.07) is 12.0. The van der Waals surface area contributed by atoms with E-state index in [1.807, 2.05) is 31.4 Å². The number of nitrogens with zero attached hydrogens (tertiary/aromatic N) is 1. The molecular formula is C32H47N3O5S. The van der Waals surface area contributed by atoms with Gasteiger partial charge in [0.25, 0.3) is 5.91 Å². The lowest BCUT2D eigenvalue weighted by atomic mass is 10.00. The number of carbonyl (C=O) groups excluding carboxylic acids is 3. The number of hydrogen-bond donors (Lipinski definition) is 3. The summed E-state index contributed by atoms with van der Waals surface area (Å²) in [5.74, 6) is -0.299. The highest BCUT2D eigenvalue weighted by Gasteiger charge is 2.37. The molecule has 0 saturated carbocycles. The summed E-state index contributed by atoms with van der Waals surface area (Å²) in [6.45, 7) is 9.60. The van der Waals surface area contributed by atoms with E-state index in [2.05, 4.69) is 17.6 Å². The SMILES string of the molecule is CCCCCCCN(C(=O)C(CCSC)NC(=O)OC(C)(C)C)C(C(=O)Nc1ccccc1C)c1ccccc1O. The van der Waals surface area contributed by atoms with Crippen molar-refractivity contribution in [2.75, 3.05) is 23.9 Å². The second kappa shape index (κ2) is 16.9. The normalized spacial score (nSPS) is 12.7. The van der Waals surface area contributed by atoms with Crippen molar-refractivity contribution in [3.8, 4) is 5.75 Å². The molecule has 0 aliphatic heterocycles. The number of anilines is 1. The summed E-state index contributed by atoms with van der Waals surface area (Å²) in [5, 5.41) is 16.6. The van der Waals surface area contributed by atoms with Crippen LogP contribution in [0.3, 0.4) is 0 Å². The average Bonchev–Trinajstić information content (AvgIpc) is 2.91. The van der Waals surface area contributed by atoms with Crippen molar-refractivity contribution < 1.29 is 24.2 Å². The Kier molecular flexibility index (Phi) is 14.0. The minimum atomic E-state index is -1.12. The van der Waals surface area contributed by atoms with Crippen LogP contribution in [-0.4, -0.2) is 58.1 Å². The van der Waals surface area contributed by atoms with E-state index in [9.17, 15) is 19.5 Å². The molecule has 3 N–H and O–H groups in total. The van der Waals surface area contributed by atoms with Crippen LogP contribution in [0.4, 0.5) is 10.5 Å². The zero-order chi connectivity index (χ0) is 30.4. The lowest BCUT2D eigenvalue weighted by Gasteiger charge is -2.35. The molecule has 0 aliphatic carbocycles. The van der Waals surface area contributed by atoms with E-state index >= 15 is 0 Å². The number of phenolic OH excluding ortho intramolecular Hbond substituents is 1. The number of benzene rings is 2. The van der Waals surface area contributed by atoms with Gasteiger partial charge in [-0.15, -0.1) is 0 Å². The number of aryl methyl sites for hydroxylation is 1. The first-order chi connectivity index (χ1) is 19.5. The number of thioether (sulfide) groups is 1. The van der Waals surface area contributed by atoms with Gasteiger partial charge in [0, 0.05) is 17.8 Å². The predicted molar refractivity (Wildman–Crippen MR) is 167 cm³/mol. The Morgan fingerprint density at radius 3 is 2.29 bits per heavy atom. The highest BCUT2D eigenvalue weighted by molar-refractivity contribution is 7.98. The first-order valence-electron chi connectivity index (χ1n) is 14.4. The molecule has 0 aliphatic rings. The van der Waals surface area contributed by atoms with Gasteiger partial charge in [-0.1, -0.05) is 69.0 Å². The molecule has 2 aromatic rings. The van der Waals surface area contributed by atoms with E-state index in [0.717, 1.165) is 31.2 Å². The molecule has 0 bridgehead atoms. The molecule has 41 heavy (non-hydrogen) atoms. The molecule has 0 heterocycles. The number of nitrogens with one attached hydrogen (secondary N) is 2. The molecule has 0 spiro atoms. The van der Waals surface area contributed by atoms with Crippen molar-refractivity contribution in [2.24, 2.45) is 0 Å². The Labute approximate surface area is 249 Å². The van der Waals surface area contributed by atoms with E-state index in [-0.39, 0.29) is 12.3 Å². The summed E-state index contributed by atoms with van der Waals surface area (Å²) in [5.41, 5.74) is 1.08. The van der Waals surface area contributed by atoms with Gasteiger partial charge in [-0.3, -0.25) is 9.59 Å². The Hall–Kier alpha value is -3.20. The number of para-hydroxylation sites is 2. The standard InChI is InChI=1S/C32H47N3O5S/c1-7-8-9-10-15-21-35(30(38)26(20-22-41-6)34-31(39)40-32(3,4)5)28(24-17-12-14-19-27(24)36)29(37)33-25-18-13-11-16-23(25)2/h11-14,16-19,26,28,36H,7-10,15,20-22H2,1-6H3,(H,33,37)(H,34,39). The van der Waals surface area contributed by atoms with Crippen molar-refractivity contribution in [1.82, 2.24) is 10.2 Å². The molecular weight excluding hydrogens is 538 g/mol. The third-order valence-corrected chi connectivity index (χ3v) is 7.22. The minimum Gasteiger partial charge on any atom is -0.508 e. The molecule has 2 atom stereocenters. The average molecular weight is 586 g/mol. The topological polar surface area (TPSA) is 108 Å². The van der Waals surface area contributed by atoms with Gasteiger partial charge in [-0.25, -0.2) is 4.79 Å². The van der Waals surface area contributed by atoms with Gasteiger partial charge in [0.1, 0.15) is 23.4 Å². The number of amides is 3. The molecule has 9 heteroatoms. The molecule has 8 nitrogen and oxygen atoms in total. The number of carbonyl (C=O) groups is 3. The van der Waals surface area contributed by atoms with Crippen LogP contribution in [0.25, 0.3) is 0 Å². The van der Waals surface area contributed by atoms with Gasteiger partial charge in [0.2, 0.25) is 5.91 Å². The van der Waals surface area contributed by atoms with Crippen LogP contribution in [0.15, 0.2) is 48.5 Å². The number of alkyl carbamates (subject to hydrolysis) is 1. The highest BCUT2D eigenvalue weighted by atomic mass is 32.2. The Balaban J connectivity index is 2.53. The van der Waals surface area contributed by atoms with Crippen molar-refractivity contribution in [1.29, 1.82) is 0 Å². The van der Waals surface area contributed by atoms with E-state index in [1.54, 1.807) is 56.8 Å². The van der Waals surface area contributed by atoms with Crippen LogP contribution in [0.1, 0.15) is 83.4 Å². The maximum Gasteiger partial charge on any atom is 0.408 e. The van der Waals surface area contributed by atoms with E-state index < -0.39 is 35.6 Å². The van der Waals surface area contributed by atoms with E-state index in [4.69, 9.17) is 4.74 Å². The van der Waals surface area contributed by atoms with Crippen LogP contribution in [0.2, 0.25) is 0 Å². The smallest absolute Gasteiger partial charge is 0.408 e. The van der Waals surface area contributed by atoms with Crippen molar-refractivity contribution in [3.63, 3.8) is 0 Å². The maximum atomic E-state index is 14.3. The minimum absolute atomic E-state index is 0.0815. The van der Waals surface area contributed by atoms with Crippen molar-refractivity contribution >= 4 is 35.4 Å². The second-order valence-corrected chi connectivity index (χ2v) is 12.2. The van der Waals surface area contributed by atoms with Crippen LogP contribution < -0.4 is 10.6 Å². The van der Waals surface area contributed by atoms with Crippen LogP contribution in [-0.2, 0) is 14.3 Å². The molecule has 0 aromatic heterocycles. The fourth-order valence-corrected chi connectivity index (χ4v) is 4.95. The first-order valence-corrected chi connectivity index (χ1v) is 15.8. The highest BCUT2D eigenvalue weighted by Crippen LogP contribution is 2.32. The zero-order valence-corrected chi connectivity index (χ0v) is 26.2. The molecule has 2 rings (SSSR count). The van der Waals surface area contributed by atoms with E-state index in [1.165, 1.54) is 11.0 Å². The Bertz CT molecular complexity index is 1130. The number of hydrogen-bond acceptors (Lipinski definition) is 6. The monoisotopic (exact) mass is 585 g/mol. The lowest BCUT2D eigenvalue weighted by Crippen LogP contribution is -2.52. The molecule has 3 amide bonds. The van der Waals surface area contributed by atoms with E-state index in [0.29, 0.717) is 29.8 Å². The van der Waals surface area contributed by atoms with Gasteiger partial charge in [0.15, 0.2) is 0 Å². The maximum absolute atomic E-state index is 14.3. The summed E-state index contributed by atoms with van der Waals surface area (Å²) in [6.07, 6.45) is 6.35. The number of rotatable bonds is 15. The van der Waals surface area contributed by atoms with Gasteiger partial charge in [-0.2, -0.15) is 11.8 Å². The molecule has 226 valence electrons. The summed E-state index contributed by atoms with van der Waals surface area (Å²) in [4.78, 5) is 42.6. The van der Waals surface area contributed by atoms with Gasteiger partial charge in [0.05, 0.1) is 0 Å². The number of unbranched alkanes of at least 4 members (excludes halogenated alkanes) is 4. The van der Waals surface area contributed by atoms with Crippen LogP contribution in [0.5, 0.6) is 5.75 Å². The van der Waals surface area contributed by atoms with Crippen molar-refractivity contribution in [2.45, 2.75) is 90.8 Å². The molecule has 0 fully saturated rings. The van der Waals surface area contributed by atoms with Crippen LogP contribution in [0, 0.1) is 6.92 Å². The summed E-state index contributed by atoms with van der Waals surface area (Å²) in [7, 11) is 0. The quantitative estimate of drug-likeness (QED) is 0.198. The predicted octanol–water partition coefficient (Wildman–Crippen LogP) is 6.83. The van der Waals surface area contributed by atoms with Crippen molar-refractivity contribution in [3.05, 3.63) is 59.7 Å². The van der Waals surface area contributed by atoms with Gasteiger partial charge >= 0.3 is 6.09 Å². The van der Waals surface area contributed by atoms with Gasteiger partial charge < -0.3 is 25.4 Å². The number of aromatic hydroxyl groups is 1. The largest absolute Gasteiger partial charge is 0.508 e. The third kappa shape index (κ3) is 11.3. The Morgan fingerprint density at radius 2 is 1.66 bits per heavy atom. The first kappa shape index (κ1) is 34.0. The fourth-order valence-electron chi connectivity index (χ4n) is 4.48. The summed E-state index contributed by atoms with van der Waals surface area (Å²) < 4.78 is 5.46. The van der Waals surface area contributed by atoms with Crippen LogP contribution >= 0.6 is 11.8 Å². The number of ether oxygens (including phenoxy) is 1. The fraction of sp³-hybridized carbons (Fsp3) is 0.531. The molecule has 2 aromatic carbocycles. The van der Waals surface area contributed by atoms with Gasteiger partial charge in [-0.05, 0) is 70.2 Å². The molecule has 0 saturated heterocycles. The summed E-state index contributed by atoms with van der Waals surface area (Å²) >= 11 is 1.56. The second-order valence-electron chi connectivity index (χ2n) is 11.2. The third-order valence-electron chi connectivity index (χ3n) is 6.58. The molecule has 0 radical (unpaired) electrons. The number of phenols is 1. The lowest BCUT2D eigenvalue weighted by molar-refractivity contribution is -0.141. The Morgan fingerprint density at radius 1 is 1.00 bits per heavy atom. The zero-order valence-electron chi connectivity index (χ0n) is 25.4.